The number of aromatic nitrogens is 1. The number of likely N-dealkylation sites (tertiary alicyclic amines) is 1. The van der Waals surface area contributed by atoms with Crippen molar-refractivity contribution in [1.29, 1.82) is 0 Å². The van der Waals surface area contributed by atoms with Crippen LogP contribution in [0.3, 0.4) is 0 Å². The fourth-order valence-electron chi connectivity index (χ4n) is 4.89. The van der Waals surface area contributed by atoms with Crippen LogP contribution in [0.15, 0.2) is 41.4 Å². The third kappa shape index (κ3) is 4.45. The average molecular weight is 466 g/mol. The Bertz CT molecular complexity index is 1080. The van der Waals surface area contributed by atoms with Crippen molar-refractivity contribution in [2.75, 3.05) is 19.6 Å². The summed E-state index contributed by atoms with van der Waals surface area (Å²) in [6.45, 7) is 0.913. The minimum absolute atomic E-state index is 0.0214. The Labute approximate surface area is 187 Å². The zero-order valence-corrected chi connectivity index (χ0v) is 19.0. The summed E-state index contributed by atoms with van der Waals surface area (Å²) >= 11 is 0. The van der Waals surface area contributed by atoms with Gasteiger partial charge in [-0.1, -0.05) is 12.8 Å². The molecule has 9 heteroatoms. The number of rotatable bonds is 4. The molecule has 4 rings (SSSR count). The van der Waals surface area contributed by atoms with E-state index in [2.05, 4.69) is 10.6 Å². The third-order valence-corrected chi connectivity index (χ3v) is 8.59. The topological polar surface area (TPSA) is 62.6 Å². The first-order valence-electron chi connectivity index (χ1n) is 11.2. The molecule has 2 saturated heterocycles. The van der Waals surface area contributed by atoms with Gasteiger partial charge >= 0.3 is 0 Å². The molecule has 0 N–H and O–H groups in total. The number of hydrogen-bond donors (Lipinski definition) is 0. The van der Waals surface area contributed by atoms with E-state index in [1.54, 1.807) is 0 Å². The molecule has 1 atom stereocenters. The summed E-state index contributed by atoms with van der Waals surface area (Å²) in [5.74, 6) is -1.99. The maximum atomic E-state index is 14.1. The van der Waals surface area contributed by atoms with Gasteiger partial charge in [-0.2, -0.15) is 4.31 Å². The Kier molecular flexibility index (Phi) is 6.67. The zero-order chi connectivity index (χ0) is 22.9. The normalized spacial score (nSPS) is 21.5. The van der Waals surface area contributed by atoms with Crippen molar-refractivity contribution in [3.8, 4) is 0 Å². The predicted molar refractivity (Wildman–Crippen MR) is 116 cm³/mol. The van der Waals surface area contributed by atoms with Gasteiger partial charge in [0.1, 0.15) is 16.5 Å². The second-order valence-electron chi connectivity index (χ2n) is 8.69. The Balaban J connectivity index is 1.48. The van der Waals surface area contributed by atoms with Crippen LogP contribution in [-0.4, -0.2) is 47.7 Å². The van der Waals surface area contributed by atoms with Crippen molar-refractivity contribution >= 4 is 15.9 Å². The lowest BCUT2D eigenvalue weighted by Crippen LogP contribution is -2.45. The number of carbonyl (C=O) groups is 1. The fourth-order valence-corrected chi connectivity index (χ4v) is 6.44. The lowest BCUT2D eigenvalue weighted by Gasteiger charge is -2.36. The molecule has 1 aromatic carbocycles. The summed E-state index contributed by atoms with van der Waals surface area (Å²) in [4.78, 5) is 14.8. The van der Waals surface area contributed by atoms with Gasteiger partial charge in [-0.05, 0) is 56.0 Å². The van der Waals surface area contributed by atoms with E-state index in [9.17, 15) is 22.0 Å². The number of nitrogens with zero attached hydrogens (tertiary/aromatic N) is 3. The van der Waals surface area contributed by atoms with Crippen LogP contribution in [0, 0.1) is 17.6 Å². The average Bonchev–Trinajstić information content (AvgIpc) is 3.06. The quantitative estimate of drug-likeness (QED) is 0.689. The number of sulfonamides is 1. The second kappa shape index (κ2) is 9.31. The molecule has 32 heavy (non-hydrogen) atoms. The van der Waals surface area contributed by atoms with Gasteiger partial charge in [0.15, 0.2) is 0 Å². The van der Waals surface area contributed by atoms with Crippen LogP contribution in [-0.2, 0) is 21.9 Å². The molecule has 6 nitrogen and oxygen atoms in total. The highest BCUT2D eigenvalue weighted by Crippen LogP contribution is 2.34. The number of halogens is 2. The molecular formula is C23H29F2N3O3S. The second-order valence-corrected chi connectivity index (χ2v) is 10.6. The molecule has 1 amide bonds. The highest BCUT2D eigenvalue weighted by atomic mass is 32.2. The van der Waals surface area contributed by atoms with Crippen molar-refractivity contribution in [2.24, 2.45) is 13.0 Å². The zero-order valence-electron chi connectivity index (χ0n) is 18.2. The predicted octanol–water partition coefficient (Wildman–Crippen LogP) is 3.85. The number of aryl methyl sites for hydroxylation is 1. The van der Waals surface area contributed by atoms with E-state index in [4.69, 9.17) is 0 Å². The first-order chi connectivity index (χ1) is 15.3. The van der Waals surface area contributed by atoms with Crippen molar-refractivity contribution < 1.29 is 22.0 Å². The summed E-state index contributed by atoms with van der Waals surface area (Å²) in [5, 5.41) is 0. The number of benzene rings is 1. The highest BCUT2D eigenvalue weighted by Gasteiger charge is 2.37. The van der Waals surface area contributed by atoms with Gasteiger partial charge in [-0.3, -0.25) is 4.79 Å². The molecule has 2 aromatic rings. The third-order valence-electron chi connectivity index (χ3n) is 6.68. The molecular weight excluding hydrogens is 436 g/mol. The van der Waals surface area contributed by atoms with Crippen LogP contribution in [0.1, 0.15) is 50.3 Å². The molecule has 2 fully saturated rings. The van der Waals surface area contributed by atoms with Gasteiger partial charge in [0.25, 0.3) is 0 Å². The largest absolute Gasteiger partial charge is 0.353 e. The molecule has 0 saturated carbocycles. The maximum absolute atomic E-state index is 14.1. The monoisotopic (exact) mass is 465 g/mol. The molecule has 0 radical (unpaired) electrons. The summed E-state index contributed by atoms with van der Waals surface area (Å²) in [5.41, 5.74) is 1.11. The van der Waals surface area contributed by atoms with E-state index in [0.717, 1.165) is 47.8 Å². The lowest BCUT2D eigenvalue weighted by molar-refractivity contribution is -0.139. The highest BCUT2D eigenvalue weighted by molar-refractivity contribution is 7.89. The van der Waals surface area contributed by atoms with Gasteiger partial charge in [0.05, 0.1) is 6.04 Å². The summed E-state index contributed by atoms with van der Waals surface area (Å²) in [7, 11) is -2.17. The molecule has 2 aliphatic rings. The van der Waals surface area contributed by atoms with Crippen molar-refractivity contribution in [3.63, 3.8) is 0 Å². The van der Waals surface area contributed by atoms with E-state index in [1.165, 1.54) is 0 Å². The van der Waals surface area contributed by atoms with Crippen LogP contribution in [0.2, 0.25) is 0 Å². The van der Waals surface area contributed by atoms with Crippen molar-refractivity contribution in [1.82, 2.24) is 13.8 Å². The first kappa shape index (κ1) is 22.9. The molecule has 3 heterocycles. The summed E-state index contributed by atoms with van der Waals surface area (Å²) in [6, 6.07) is 6.49. The molecule has 0 bridgehead atoms. The van der Waals surface area contributed by atoms with Crippen LogP contribution < -0.4 is 0 Å². The SMILES string of the molecule is Cn1cccc1C1CCCCCN1C(=O)C1CCN(S(=O)(=O)c2cc(F)ccc2F)CC1. The number of hydrogen-bond acceptors (Lipinski definition) is 3. The minimum atomic E-state index is -4.16. The van der Waals surface area contributed by atoms with E-state index in [-0.39, 0.29) is 31.0 Å². The van der Waals surface area contributed by atoms with E-state index < -0.39 is 26.6 Å². The Morgan fingerprint density at radius 1 is 1.00 bits per heavy atom. The van der Waals surface area contributed by atoms with E-state index >= 15 is 0 Å². The van der Waals surface area contributed by atoms with Gasteiger partial charge in [-0.25, -0.2) is 17.2 Å². The molecule has 0 spiro atoms. The van der Waals surface area contributed by atoms with E-state index in [1.807, 2.05) is 24.2 Å². The van der Waals surface area contributed by atoms with Crippen LogP contribution in [0.25, 0.3) is 0 Å². The molecule has 0 aliphatic carbocycles. The van der Waals surface area contributed by atoms with E-state index in [0.29, 0.717) is 25.5 Å². The summed E-state index contributed by atoms with van der Waals surface area (Å²) in [6.07, 6.45) is 6.74. The first-order valence-corrected chi connectivity index (χ1v) is 12.6. The van der Waals surface area contributed by atoms with Gasteiger partial charge in [-0.15, -0.1) is 0 Å². The fraction of sp³-hybridized carbons (Fsp3) is 0.522. The minimum Gasteiger partial charge on any atom is -0.353 e. The Hall–Kier alpha value is -2.26. The van der Waals surface area contributed by atoms with Crippen molar-refractivity contribution in [3.05, 3.63) is 53.9 Å². The molecule has 1 unspecified atom stereocenters. The lowest BCUT2D eigenvalue weighted by atomic mass is 9.95. The van der Waals surface area contributed by atoms with Gasteiger partial charge < -0.3 is 9.47 Å². The standard InChI is InChI=1S/C23H29F2N3O3S/c1-26-12-5-7-20(26)21-6-3-2-4-13-28(21)23(29)17-10-14-27(15-11-17)32(30,31)22-16-18(24)8-9-19(22)25/h5,7-9,12,16-17,21H,2-4,6,10-11,13-15H2,1H3. The van der Waals surface area contributed by atoms with Crippen LogP contribution in [0.4, 0.5) is 8.78 Å². The van der Waals surface area contributed by atoms with Gasteiger partial charge in [0.2, 0.25) is 15.9 Å². The van der Waals surface area contributed by atoms with Crippen molar-refractivity contribution in [2.45, 2.75) is 49.5 Å². The Morgan fingerprint density at radius 3 is 2.44 bits per heavy atom. The number of amides is 1. The number of piperidine rings is 1. The van der Waals surface area contributed by atoms with Crippen LogP contribution in [0.5, 0.6) is 0 Å². The smallest absolute Gasteiger partial charge is 0.246 e. The number of carbonyl (C=O) groups excluding carboxylic acids is 1. The molecule has 1 aromatic heterocycles. The molecule has 2 aliphatic heterocycles. The summed E-state index contributed by atoms with van der Waals surface area (Å²) < 4.78 is 56.5. The Morgan fingerprint density at radius 2 is 1.75 bits per heavy atom. The van der Waals surface area contributed by atoms with Gasteiger partial charge in [0, 0.05) is 44.5 Å². The maximum Gasteiger partial charge on any atom is 0.246 e. The van der Waals surface area contributed by atoms with Crippen LogP contribution >= 0.6 is 0 Å². The molecule has 174 valence electrons.